The number of carboxylic acids is 1. The van der Waals surface area contributed by atoms with Gasteiger partial charge in [-0.25, -0.2) is 15.0 Å². The number of carbonyl (C=O) groups is 2. The summed E-state index contributed by atoms with van der Waals surface area (Å²) < 4.78 is 0. The quantitative estimate of drug-likeness (QED) is 0.592. The molecule has 7 nitrogen and oxygen atoms in total. The lowest BCUT2D eigenvalue weighted by Gasteiger charge is -2.17. The first-order valence-corrected chi connectivity index (χ1v) is 10.3. The van der Waals surface area contributed by atoms with Gasteiger partial charge in [0, 0.05) is 43.0 Å². The van der Waals surface area contributed by atoms with Gasteiger partial charge in [-0.2, -0.15) is 0 Å². The molecule has 2 N–H and O–H groups in total. The number of unbranched alkanes of at least 4 members (excludes halogenated alkanes) is 1. The molecule has 0 spiro atoms. The number of hydrogen-bond donors (Lipinski definition) is 2. The molecule has 0 fully saturated rings. The molecule has 1 atom stereocenters. The van der Waals surface area contributed by atoms with Crippen LogP contribution in [0.4, 0.5) is 5.82 Å². The Bertz CT molecular complexity index is 852. The highest BCUT2D eigenvalue weighted by Crippen LogP contribution is 2.23. The van der Waals surface area contributed by atoms with Crippen LogP contribution < -0.4 is 5.32 Å². The van der Waals surface area contributed by atoms with Crippen LogP contribution in [0.3, 0.4) is 0 Å². The van der Waals surface area contributed by atoms with E-state index in [4.69, 9.17) is 0 Å². The Morgan fingerprint density at radius 2 is 1.97 bits per heavy atom. The second-order valence-electron chi connectivity index (χ2n) is 7.58. The summed E-state index contributed by atoms with van der Waals surface area (Å²) in [4.78, 5) is 36.5. The molecular weight excluding hydrogens is 368 g/mol. The molecule has 154 valence electrons. The van der Waals surface area contributed by atoms with Gasteiger partial charge in [-0.05, 0) is 50.7 Å². The first-order chi connectivity index (χ1) is 14.0. The Balaban J connectivity index is 1.40. The molecule has 7 heteroatoms. The molecule has 0 aromatic carbocycles. The molecule has 0 saturated heterocycles. The molecule has 1 aliphatic rings. The van der Waals surface area contributed by atoms with Gasteiger partial charge in [0.05, 0.1) is 5.92 Å². The summed E-state index contributed by atoms with van der Waals surface area (Å²) in [7, 11) is 0. The average molecular weight is 396 g/mol. The second-order valence-corrected chi connectivity index (χ2v) is 7.58. The molecule has 3 heterocycles. The molecule has 0 bridgehead atoms. The number of fused-ring (bicyclic) bond motifs is 1. The number of aromatic nitrogens is 3. The van der Waals surface area contributed by atoms with Gasteiger partial charge in [-0.15, -0.1) is 0 Å². The van der Waals surface area contributed by atoms with Crippen LogP contribution in [-0.2, 0) is 22.4 Å². The number of hydrogen-bond acceptors (Lipinski definition) is 6. The van der Waals surface area contributed by atoms with Gasteiger partial charge < -0.3 is 10.4 Å². The van der Waals surface area contributed by atoms with Crippen LogP contribution in [0.2, 0.25) is 0 Å². The summed E-state index contributed by atoms with van der Waals surface area (Å²) in [6.07, 6.45) is 8.78. The van der Waals surface area contributed by atoms with Gasteiger partial charge >= 0.3 is 5.97 Å². The van der Waals surface area contributed by atoms with E-state index in [-0.39, 0.29) is 5.78 Å². The third-order valence-corrected chi connectivity index (χ3v) is 5.31. The largest absolute Gasteiger partial charge is 0.481 e. The van der Waals surface area contributed by atoms with Crippen molar-refractivity contribution in [1.82, 2.24) is 15.0 Å². The Kier molecular flexibility index (Phi) is 7.27. The Morgan fingerprint density at radius 1 is 1.17 bits per heavy atom. The molecule has 1 aliphatic heterocycles. The van der Waals surface area contributed by atoms with Gasteiger partial charge in [0.15, 0.2) is 0 Å². The number of ketones is 1. The Morgan fingerprint density at radius 3 is 2.72 bits per heavy atom. The van der Waals surface area contributed by atoms with Crippen LogP contribution in [-0.4, -0.2) is 38.4 Å². The van der Waals surface area contributed by atoms with Gasteiger partial charge in [0.2, 0.25) is 0 Å². The third kappa shape index (κ3) is 6.07. The van der Waals surface area contributed by atoms with Crippen molar-refractivity contribution in [3.8, 4) is 0 Å². The first kappa shape index (κ1) is 20.9. The van der Waals surface area contributed by atoms with Crippen LogP contribution >= 0.6 is 0 Å². The summed E-state index contributed by atoms with van der Waals surface area (Å²) >= 11 is 0. The number of carbonyl (C=O) groups excluding carboxylic acids is 1. The standard InChI is InChI=1S/C22H28N4O3/c1-15-24-13-17(14-25-15)20(22(28)29)7-3-2-6-19(27)11-10-18-9-8-16-5-4-12-23-21(16)26-18/h8-9,13-14,20H,2-7,10-12H2,1H3,(H,23,26)(H,28,29)/t20-/m0/s1. The van der Waals surface area contributed by atoms with Gasteiger partial charge in [-0.3, -0.25) is 9.59 Å². The van der Waals surface area contributed by atoms with Crippen LogP contribution in [0.25, 0.3) is 0 Å². The average Bonchev–Trinajstić information content (AvgIpc) is 2.72. The van der Waals surface area contributed by atoms with Gasteiger partial charge in [0.25, 0.3) is 0 Å². The first-order valence-electron chi connectivity index (χ1n) is 10.3. The van der Waals surface area contributed by atoms with Crippen molar-refractivity contribution < 1.29 is 14.7 Å². The molecule has 0 amide bonds. The van der Waals surface area contributed by atoms with Crippen molar-refractivity contribution >= 4 is 17.6 Å². The van der Waals surface area contributed by atoms with E-state index in [0.717, 1.165) is 30.9 Å². The number of anilines is 1. The molecule has 0 unspecified atom stereocenters. The van der Waals surface area contributed by atoms with E-state index in [9.17, 15) is 14.7 Å². The number of Topliss-reactive ketones (excluding diaryl/α,β-unsaturated/α-hetero) is 1. The van der Waals surface area contributed by atoms with E-state index >= 15 is 0 Å². The minimum absolute atomic E-state index is 0.197. The van der Waals surface area contributed by atoms with Crippen molar-refractivity contribution in [3.63, 3.8) is 0 Å². The summed E-state index contributed by atoms with van der Waals surface area (Å²) in [5.41, 5.74) is 2.80. The maximum atomic E-state index is 12.2. The number of aryl methyl sites for hydroxylation is 3. The lowest BCUT2D eigenvalue weighted by Crippen LogP contribution is -2.14. The highest BCUT2D eigenvalue weighted by Gasteiger charge is 2.20. The second kappa shape index (κ2) is 10.1. The van der Waals surface area contributed by atoms with E-state index in [0.29, 0.717) is 49.9 Å². The van der Waals surface area contributed by atoms with Crippen LogP contribution in [0.1, 0.15) is 67.1 Å². The normalized spacial score (nSPS) is 14.0. The Hall–Kier alpha value is -2.83. The van der Waals surface area contributed by atoms with Crippen LogP contribution in [0.5, 0.6) is 0 Å². The van der Waals surface area contributed by atoms with Crippen molar-refractivity contribution in [2.24, 2.45) is 0 Å². The summed E-state index contributed by atoms with van der Waals surface area (Å²) in [5.74, 6) is 0.269. The van der Waals surface area contributed by atoms with Gasteiger partial charge in [0.1, 0.15) is 17.4 Å². The lowest BCUT2D eigenvalue weighted by atomic mass is 9.94. The highest BCUT2D eigenvalue weighted by molar-refractivity contribution is 5.78. The van der Waals surface area contributed by atoms with Crippen molar-refractivity contribution in [2.45, 2.75) is 64.2 Å². The van der Waals surface area contributed by atoms with E-state index in [1.54, 1.807) is 19.3 Å². The minimum atomic E-state index is -0.879. The fraction of sp³-hybridized carbons (Fsp3) is 0.500. The Labute approximate surface area is 171 Å². The maximum Gasteiger partial charge on any atom is 0.311 e. The molecule has 0 aliphatic carbocycles. The third-order valence-electron chi connectivity index (χ3n) is 5.31. The van der Waals surface area contributed by atoms with E-state index in [1.807, 2.05) is 6.07 Å². The number of pyridine rings is 1. The number of nitrogens with zero attached hydrogens (tertiary/aromatic N) is 3. The van der Waals surface area contributed by atoms with Crippen LogP contribution in [0, 0.1) is 6.92 Å². The zero-order valence-corrected chi connectivity index (χ0v) is 16.9. The van der Waals surface area contributed by atoms with E-state index in [2.05, 4.69) is 26.3 Å². The number of nitrogens with one attached hydrogen (secondary N) is 1. The van der Waals surface area contributed by atoms with Crippen molar-refractivity contribution in [1.29, 1.82) is 0 Å². The minimum Gasteiger partial charge on any atom is -0.481 e. The zero-order valence-electron chi connectivity index (χ0n) is 16.9. The van der Waals surface area contributed by atoms with E-state index in [1.165, 1.54) is 5.56 Å². The fourth-order valence-electron chi connectivity index (χ4n) is 3.59. The molecular formula is C22H28N4O3. The predicted octanol–water partition coefficient (Wildman–Crippen LogP) is 3.47. The molecule has 3 rings (SSSR count). The smallest absolute Gasteiger partial charge is 0.311 e. The van der Waals surface area contributed by atoms with E-state index < -0.39 is 11.9 Å². The molecule has 2 aromatic heterocycles. The lowest BCUT2D eigenvalue weighted by molar-refractivity contribution is -0.139. The van der Waals surface area contributed by atoms with Gasteiger partial charge in [-0.1, -0.05) is 12.5 Å². The number of carboxylic acid groups (broad SMARTS) is 1. The topological polar surface area (TPSA) is 105 Å². The van der Waals surface area contributed by atoms with Crippen molar-refractivity contribution in [2.75, 3.05) is 11.9 Å². The highest BCUT2D eigenvalue weighted by atomic mass is 16.4. The SMILES string of the molecule is Cc1ncc([C@H](CCCCC(=O)CCc2ccc3c(n2)NCCC3)C(=O)O)cn1. The maximum absolute atomic E-state index is 12.2. The predicted molar refractivity (Wildman–Crippen MR) is 110 cm³/mol. The summed E-state index contributed by atoms with van der Waals surface area (Å²) in [6, 6.07) is 4.12. The molecule has 2 aromatic rings. The molecule has 0 saturated carbocycles. The molecule has 29 heavy (non-hydrogen) atoms. The summed E-state index contributed by atoms with van der Waals surface area (Å²) in [5, 5.41) is 12.8. The number of rotatable bonds is 10. The molecule has 0 radical (unpaired) electrons. The van der Waals surface area contributed by atoms with Crippen LogP contribution in [0.15, 0.2) is 24.5 Å². The summed E-state index contributed by atoms with van der Waals surface area (Å²) in [6.45, 7) is 2.72. The monoisotopic (exact) mass is 396 g/mol. The zero-order chi connectivity index (χ0) is 20.6. The fourth-order valence-corrected chi connectivity index (χ4v) is 3.59. The number of aliphatic carboxylic acids is 1. The van der Waals surface area contributed by atoms with Crippen molar-refractivity contribution in [3.05, 3.63) is 47.2 Å².